The van der Waals surface area contributed by atoms with Crippen molar-refractivity contribution in [2.24, 2.45) is 0 Å². The molecule has 2 rings (SSSR count). The van der Waals surface area contributed by atoms with E-state index >= 15 is 0 Å². The molecule has 0 spiro atoms. The van der Waals surface area contributed by atoms with Gasteiger partial charge in [0.05, 0.1) is 17.0 Å². The number of piperidine rings is 1. The van der Waals surface area contributed by atoms with Crippen LogP contribution in [0.15, 0.2) is 29.2 Å². The summed E-state index contributed by atoms with van der Waals surface area (Å²) < 4.78 is 32.2. The van der Waals surface area contributed by atoms with E-state index in [4.69, 9.17) is 4.74 Å². The lowest BCUT2D eigenvalue weighted by atomic mass is 10.1. The van der Waals surface area contributed by atoms with Crippen LogP contribution in [0, 0.1) is 0 Å². The average molecular weight is 426 g/mol. The highest BCUT2D eigenvalue weighted by molar-refractivity contribution is 7.89. The Labute approximate surface area is 171 Å². The van der Waals surface area contributed by atoms with Crippen LogP contribution in [0.3, 0.4) is 0 Å². The van der Waals surface area contributed by atoms with Crippen molar-refractivity contribution < 1.29 is 27.5 Å². The summed E-state index contributed by atoms with van der Waals surface area (Å²) in [5, 5.41) is 2.34. The molecule has 0 saturated carbocycles. The summed E-state index contributed by atoms with van der Waals surface area (Å²) in [4.78, 5) is 36.7. The third-order valence-corrected chi connectivity index (χ3v) is 6.70. The molecule has 1 heterocycles. The van der Waals surface area contributed by atoms with Gasteiger partial charge >= 0.3 is 5.97 Å². The highest BCUT2D eigenvalue weighted by atomic mass is 32.2. The van der Waals surface area contributed by atoms with Crippen molar-refractivity contribution in [2.75, 3.05) is 33.8 Å². The predicted octanol–water partition coefficient (Wildman–Crippen LogP) is 0.611. The van der Waals surface area contributed by atoms with Gasteiger partial charge < -0.3 is 15.0 Å². The maximum atomic E-state index is 12.9. The summed E-state index contributed by atoms with van der Waals surface area (Å²) >= 11 is 0. The molecule has 1 aromatic rings. The molecule has 1 atom stereocenters. The summed E-state index contributed by atoms with van der Waals surface area (Å²) in [6.45, 7) is 1.54. The summed E-state index contributed by atoms with van der Waals surface area (Å²) in [5.41, 5.74) is 0.0351. The molecule has 1 N–H and O–H groups in total. The Morgan fingerprint density at radius 1 is 1.24 bits per heavy atom. The van der Waals surface area contributed by atoms with Crippen LogP contribution in [0.5, 0.6) is 0 Å². The minimum Gasteiger partial charge on any atom is -0.452 e. The number of sulfonamides is 1. The molecule has 0 aliphatic carbocycles. The van der Waals surface area contributed by atoms with Crippen LogP contribution in [-0.2, 0) is 24.3 Å². The third kappa shape index (κ3) is 6.01. The fraction of sp³-hybridized carbons (Fsp3) is 0.526. The van der Waals surface area contributed by atoms with E-state index in [2.05, 4.69) is 5.32 Å². The van der Waals surface area contributed by atoms with E-state index in [0.29, 0.717) is 6.54 Å². The molecule has 0 radical (unpaired) electrons. The molecule has 1 saturated heterocycles. The van der Waals surface area contributed by atoms with Gasteiger partial charge in [0.1, 0.15) is 0 Å². The van der Waals surface area contributed by atoms with Crippen molar-refractivity contribution in [1.82, 2.24) is 14.5 Å². The Hall–Kier alpha value is -2.46. The Bertz CT molecular complexity index is 868. The van der Waals surface area contributed by atoms with Gasteiger partial charge in [-0.3, -0.25) is 9.59 Å². The molecule has 1 aliphatic rings. The number of carbonyl (C=O) groups is 3. The van der Waals surface area contributed by atoms with Crippen molar-refractivity contribution in [3.63, 3.8) is 0 Å². The van der Waals surface area contributed by atoms with Crippen LogP contribution in [0.1, 0.15) is 36.5 Å². The van der Waals surface area contributed by atoms with Crippen molar-refractivity contribution in [2.45, 2.75) is 37.1 Å². The summed E-state index contributed by atoms with van der Waals surface area (Å²) in [6.07, 6.45) is 2.59. The number of carbonyl (C=O) groups excluding carboxylic acids is 3. The molecule has 2 amide bonds. The number of benzene rings is 1. The zero-order chi connectivity index (χ0) is 21.6. The van der Waals surface area contributed by atoms with Gasteiger partial charge in [-0.05, 0) is 38.0 Å². The fourth-order valence-corrected chi connectivity index (χ4v) is 4.69. The van der Waals surface area contributed by atoms with Crippen molar-refractivity contribution in [3.05, 3.63) is 29.8 Å². The molecule has 10 heteroatoms. The Morgan fingerprint density at radius 2 is 1.97 bits per heavy atom. The smallest absolute Gasteiger partial charge is 0.338 e. The molecule has 0 unspecified atom stereocenters. The number of esters is 1. The lowest BCUT2D eigenvalue weighted by Gasteiger charge is -2.32. The lowest BCUT2D eigenvalue weighted by Crippen LogP contribution is -2.41. The largest absolute Gasteiger partial charge is 0.452 e. The highest BCUT2D eigenvalue weighted by Crippen LogP contribution is 2.25. The van der Waals surface area contributed by atoms with Crippen LogP contribution in [0.2, 0.25) is 0 Å². The van der Waals surface area contributed by atoms with E-state index in [1.165, 1.54) is 33.5 Å². The number of hydrogen-bond acceptors (Lipinski definition) is 6. The van der Waals surface area contributed by atoms with Gasteiger partial charge in [0.15, 0.2) is 6.61 Å². The summed E-state index contributed by atoms with van der Waals surface area (Å²) in [7, 11) is -0.609. The van der Waals surface area contributed by atoms with Gasteiger partial charge in [0.25, 0.3) is 5.91 Å². The number of nitrogens with one attached hydrogen (secondary N) is 1. The molecule has 1 aliphatic heterocycles. The lowest BCUT2D eigenvalue weighted by molar-refractivity contribution is -0.131. The zero-order valence-electron chi connectivity index (χ0n) is 16.9. The van der Waals surface area contributed by atoms with Crippen molar-refractivity contribution in [1.29, 1.82) is 0 Å². The van der Waals surface area contributed by atoms with Gasteiger partial charge in [0, 0.05) is 26.7 Å². The first kappa shape index (κ1) is 22.8. The molecule has 1 fully saturated rings. The number of rotatable bonds is 7. The van der Waals surface area contributed by atoms with Crippen molar-refractivity contribution in [3.8, 4) is 0 Å². The SMILES string of the molecule is C[C@@H]1CCCCN1S(=O)(=O)c1cccc(C(=O)OCC(=O)NCC(=O)N(C)C)c1. The van der Waals surface area contributed by atoms with E-state index in [1.807, 2.05) is 6.92 Å². The van der Waals surface area contributed by atoms with Crippen LogP contribution in [0.25, 0.3) is 0 Å². The normalized spacial score (nSPS) is 17.4. The van der Waals surface area contributed by atoms with Gasteiger partial charge in [-0.1, -0.05) is 12.5 Å². The first-order valence-corrected chi connectivity index (χ1v) is 10.8. The summed E-state index contributed by atoms with van der Waals surface area (Å²) in [6, 6.07) is 5.49. The first-order valence-electron chi connectivity index (χ1n) is 9.39. The quantitative estimate of drug-likeness (QED) is 0.641. The van der Waals surface area contributed by atoms with E-state index in [0.717, 1.165) is 19.3 Å². The Kier molecular flexibility index (Phi) is 7.74. The monoisotopic (exact) mass is 425 g/mol. The number of likely N-dealkylation sites (N-methyl/N-ethyl adjacent to an activating group) is 1. The maximum absolute atomic E-state index is 12.9. The topological polar surface area (TPSA) is 113 Å². The van der Waals surface area contributed by atoms with Crippen LogP contribution < -0.4 is 5.32 Å². The van der Waals surface area contributed by atoms with Crippen LogP contribution >= 0.6 is 0 Å². The number of hydrogen-bond donors (Lipinski definition) is 1. The molecule has 1 aromatic carbocycles. The van der Waals surface area contributed by atoms with E-state index in [1.54, 1.807) is 14.1 Å². The second-order valence-electron chi connectivity index (χ2n) is 7.13. The van der Waals surface area contributed by atoms with E-state index < -0.39 is 28.5 Å². The first-order chi connectivity index (χ1) is 13.6. The van der Waals surface area contributed by atoms with Crippen LogP contribution in [-0.4, -0.2) is 75.2 Å². The second kappa shape index (κ2) is 9.84. The zero-order valence-corrected chi connectivity index (χ0v) is 17.7. The minimum atomic E-state index is -3.72. The number of ether oxygens (including phenoxy) is 1. The van der Waals surface area contributed by atoms with Gasteiger partial charge in [-0.2, -0.15) is 4.31 Å². The maximum Gasteiger partial charge on any atom is 0.338 e. The predicted molar refractivity (Wildman–Crippen MR) is 106 cm³/mol. The van der Waals surface area contributed by atoms with Crippen molar-refractivity contribution >= 4 is 27.8 Å². The van der Waals surface area contributed by atoms with Gasteiger partial charge in [-0.15, -0.1) is 0 Å². The molecule has 29 heavy (non-hydrogen) atoms. The minimum absolute atomic E-state index is 0.0155. The average Bonchev–Trinajstić information content (AvgIpc) is 2.70. The van der Waals surface area contributed by atoms with Gasteiger partial charge in [-0.25, -0.2) is 13.2 Å². The van der Waals surface area contributed by atoms with Gasteiger partial charge in [0.2, 0.25) is 15.9 Å². The Morgan fingerprint density at radius 3 is 2.62 bits per heavy atom. The number of nitrogens with zero attached hydrogens (tertiary/aromatic N) is 2. The Balaban J connectivity index is 2.00. The molecule has 0 aromatic heterocycles. The molecule has 0 bridgehead atoms. The fourth-order valence-electron chi connectivity index (χ4n) is 2.95. The standard InChI is InChI=1S/C19H27N3O6S/c1-14-7-4-5-10-22(14)29(26,27)16-9-6-8-15(11-16)19(25)28-13-17(23)20-12-18(24)21(2)3/h6,8-9,11,14H,4-5,7,10,12-13H2,1-3H3,(H,20,23)/t14-/m1/s1. The van der Waals surface area contributed by atoms with Crippen LogP contribution in [0.4, 0.5) is 0 Å². The molecular weight excluding hydrogens is 398 g/mol. The second-order valence-corrected chi connectivity index (χ2v) is 9.02. The molecule has 160 valence electrons. The summed E-state index contributed by atoms with van der Waals surface area (Å²) in [5.74, 6) is -1.74. The molecule has 9 nitrogen and oxygen atoms in total. The number of amides is 2. The van der Waals surface area contributed by atoms with E-state index in [-0.39, 0.29) is 29.0 Å². The third-order valence-electron chi connectivity index (χ3n) is 4.69. The molecular formula is C19H27N3O6S. The van der Waals surface area contributed by atoms with E-state index in [9.17, 15) is 22.8 Å². The highest BCUT2D eigenvalue weighted by Gasteiger charge is 2.31.